The van der Waals surface area contributed by atoms with E-state index in [9.17, 15) is 24.6 Å². The van der Waals surface area contributed by atoms with Crippen molar-refractivity contribution >= 4 is 17.8 Å². The number of hydrogen-bond acceptors (Lipinski definition) is 3. The lowest BCUT2D eigenvalue weighted by molar-refractivity contribution is -0.870. The number of nitrogens with zero attached hydrogens (tertiary/aromatic N) is 2. The summed E-state index contributed by atoms with van der Waals surface area (Å²) in [5, 5.41) is 20.6. The van der Waals surface area contributed by atoms with Gasteiger partial charge in [0.05, 0.1) is 27.7 Å². The predicted molar refractivity (Wildman–Crippen MR) is 244 cm³/mol. The SMILES string of the molecule is CCCCCCCCCCCCCCCCN(C(=O)CCCCCCCCC[N+](C)(C)C)[C@@](CCCCCCCCCCCCCCCC)(CCC(=O)O)C(=O)O. The van der Waals surface area contributed by atoms with Gasteiger partial charge in [0.15, 0.2) is 0 Å². The maximum Gasteiger partial charge on any atom is 0.329 e. The summed E-state index contributed by atoms with van der Waals surface area (Å²) < 4.78 is 1.00. The minimum absolute atomic E-state index is 0.0201. The second kappa shape index (κ2) is 38.6. The molecule has 0 aliphatic carbocycles. The molecular weight excluding hydrogens is 709 g/mol. The van der Waals surface area contributed by atoms with Crippen molar-refractivity contribution in [2.45, 2.75) is 270 Å². The van der Waals surface area contributed by atoms with E-state index in [0.717, 1.165) is 62.3 Å². The second-order valence-electron chi connectivity index (χ2n) is 19.0. The number of carboxylic acids is 2. The zero-order valence-electron chi connectivity index (χ0n) is 39.0. The lowest BCUT2D eigenvalue weighted by atomic mass is 9.84. The van der Waals surface area contributed by atoms with Crippen LogP contribution >= 0.6 is 0 Å². The fourth-order valence-corrected chi connectivity index (χ4v) is 8.57. The number of rotatable bonds is 45. The fourth-order valence-electron chi connectivity index (χ4n) is 8.57. The second-order valence-corrected chi connectivity index (χ2v) is 19.0. The summed E-state index contributed by atoms with van der Waals surface area (Å²) in [5.41, 5.74) is -1.45. The number of amides is 1. The summed E-state index contributed by atoms with van der Waals surface area (Å²) in [4.78, 5) is 40.8. The first kappa shape index (κ1) is 55.4. The number of quaternary nitrogens is 1. The van der Waals surface area contributed by atoms with Crippen LogP contribution in [0, 0.1) is 0 Å². The Bertz CT molecular complexity index is 934. The minimum Gasteiger partial charge on any atom is -0.481 e. The first-order valence-corrected chi connectivity index (χ1v) is 25.1. The van der Waals surface area contributed by atoms with Gasteiger partial charge in [0.1, 0.15) is 5.54 Å². The molecule has 0 aromatic carbocycles. The van der Waals surface area contributed by atoms with E-state index in [1.54, 1.807) is 4.90 Å². The highest BCUT2D eigenvalue weighted by atomic mass is 16.4. The maximum absolute atomic E-state index is 14.0. The Labute approximate surface area is 354 Å². The minimum atomic E-state index is -1.45. The molecule has 0 spiro atoms. The number of hydrogen-bond donors (Lipinski definition) is 2. The molecule has 7 heteroatoms. The monoisotopic (exact) mass is 808 g/mol. The van der Waals surface area contributed by atoms with E-state index in [0.29, 0.717) is 25.8 Å². The molecule has 0 bridgehead atoms. The zero-order valence-corrected chi connectivity index (χ0v) is 39.0. The summed E-state index contributed by atoms with van der Waals surface area (Å²) in [5.74, 6) is -2.11. The van der Waals surface area contributed by atoms with Crippen LogP contribution in [0.5, 0.6) is 0 Å². The van der Waals surface area contributed by atoms with Crippen LogP contribution in [0.4, 0.5) is 0 Å². The molecule has 1 atom stereocenters. The first-order valence-electron chi connectivity index (χ1n) is 25.1. The van der Waals surface area contributed by atoms with Crippen LogP contribution in [0.3, 0.4) is 0 Å². The van der Waals surface area contributed by atoms with Gasteiger partial charge in [-0.25, -0.2) is 4.79 Å². The maximum atomic E-state index is 14.0. The van der Waals surface area contributed by atoms with Gasteiger partial charge in [-0.15, -0.1) is 0 Å². The quantitative estimate of drug-likeness (QED) is 0.0472. The molecule has 7 nitrogen and oxygen atoms in total. The van der Waals surface area contributed by atoms with E-state index in [4.69, 9.17) is 0 Å². The van der Waals surface area contributed by atoms with E-state index < -0.39 is 17.5 Å². The Balaban J connectivity index is 5.13. The van der Waals surface area contributed by atoms with Crippen molar-refractivity contribution in [2.75, 3.05) is 34.2 Å². The lowest BCUT2D eigenvalue weighted by Crippen LogP contribution is -2.57. The van der Waals surface area contributed by atoms with Crippen LogP contribution in [-0.2, 0) is 14.4 Å². The molecule has 1 amide bonds. The summed E-state index contributed by atoms with van der Waals surface area (Å²) in [7, 11) is 6.71. The van der Waals surface area contributed by atoms with Crippen LogP contribution in [0.2, 0.25) is 0 Å². The number of carbonyl (C=O) groups is 3. The Morgan fingerprint density at radius 1 is 0.421 bits per heavy atom. The number of unbranched alkanes of at least 4 members (excludes halogenated alkanes) is 32. The Kier molecular flexibility index (Phi) is 37.5. The van der Waals surface area contributed by atoms with Gasteiger partial charge in [0.2, 0.25) is 5.91 Å². The number of carbonyl (C=O) groups excluding carboxylic acids is 1. The van der Waals surface area contributed by atoms with Crippen molar-refractivity contribution in [1.29, 1.82) is 0 Å². The molecule has 2 N–H and O–H groups in total. The van der Waals surface area contributed by atoms with Crippen LogP contribution in [0.1, 0.15) is 264 Å². The molecule has 0 unspecified atom stereocenters. The number of carboxylic acid groups (broad SMARTS) is 2. The molecule has 57 heavy (non-hydrogen) atoms. The third kappa shape index (κ3) is 33.9. The molecule has 0 rings (SSSR count). The van der Waals surface area contributed by atoms with Crippen LogP contribution < -0.4 is 0 Å². The molecule has 0 radical (unpaired) electrons. The van der Waals surface area contributed by atoms with Gasteiger partial charge in [-0.2, -0.15) is 0 Å². The molecule has 0 heterocycles. The van der Waals surface area contributed by atoms with Crippen LogP contribution in [-0.4, -0.2) is 77.2 Å². The molecule has 0 aliphatic rings. The van der Waals surface area contributed by atoms with Gasteiger partial charge >= 0.3 is 11.9 Å². The molecule has 0 aliphatic heterocycles. The number of aliphatic carboxylic acids is 2. The van der Waals surface area contributed by atoms with Crippen molar-refractivity contribution in [1.82, 2.24) is 4.90 Å². The largest absolute Gasteiger partial charge is 0.481 e. The highest BCUT2D eigenvalue weighted by molar-refractivity contribution is 5.87. The summed E-state index contributed by atoms with van der Waals surface area (Å²) in [6.45, 7) is 6.13. The van der Waals surface area contributed by atoms with E-state index in [2.05, 4.69) is 35.0 Å². The van der Waals surface area contributed by atoms with Gasteiger partial charge in [-0.3, -0.25) is 9.59 Å². The van der Waals surface area contributed by atoms with E-state index in [-0.39, 0.29) is 18.7 Å². The molecule has 338 valence electrons. The first-order chi connectivity index (χ1) is 27.5. The fraction of sp³-hybridized carbons (Fsp3) is 0.940. The Hall–Kier alpha value is -1.63. The average Bonchev–Trinajstić information content (AvgIpc) is 3.16. The molecule has 0 saturated carbocycles. The molecular formula is C50H99N2O5+. The summed E-state index contributed by atoms with van der Waals surface area (Å²) in [6.07, 6.45) is 42.6. The Morgan fingerprint density at radius 2 is 0.754 bits per heavy atom. The van der Waals surface area contributed by atoms with Gasteiger partial charge < -0.3 is 19.6 Å². The molecule has 0 fully saturated rings. The van der Waals surface area contributed by atoms with E-state index >= 15 is 0 Å². The molecule has 0 aromatic heterocycles. The van der Waals surface area contributed by atoms with Crippen molar-refractivity contribution < 1.29 is 29.1 Å². The normalized spacial score (nSPS) is 12.9. The lowest BCUT2D eigenvalue weighted by Gasteiger charge is -2.41. The van der Waals surface area contributed by atoms with Crippen molar-refractivity contribution in [2.24, 2.45) is 0 Å². The topological polar surface area (TPSA) is 94.9 Å². The highest BCUT2D eigenvalue weighted by Crippen LogP contribution is 2.32. The highest BCUT2D eigenvalue weighted by Gasteiger charge is 2.45. The van der Waals surface area contributed by atoms with E-state index in [1.807, 2.05) is 0 Å². The third-order valence-corrected chi connectivity index (χ3v) is 12.4. The van der Waals surface area contributed by atoms with Crippen molar-refractivity contribution in [3.63, 3.8) is 0 Å². The smallest absolute Gasteiger partial charge is 0.329 e. The molecule has 0 saturated heterocycles. The van der Waals surface area contributed by atoms with Crippen molar-refractivity contribution in [3.05, 3.63) is 0 Å². The third-order valence-electron chi connectivity index (χ3n) is 12.4. The summed E-state index contributed by atoms with van der Waals surface area (Å²) >= 11 is 0. The van der Waals surface area contributed by atoms with Crippen molar-refractivity contribution in [3.8, 4) is 0 Å². The average molecular weight is 808 g/mol. The van der Waals surface area contributed by atoms with Gasteiger partial charge in [0, 0.05) is 19.4 Å². The van der Waals surface area contributed by atoms with E-state index in [1.165, 1.54) is 167 Å². The van der Waals surface area contributed by atoms with Crippen LogP contribution in [0.15, 0.2) is 0 Å². The predicted octanol–water partition coefficient (Wildman–Crippen LogP) is 14.7. The zero-order chi connectivity index (χ0) is 42.3. The Morgan fingerprint density at radius 3 is 1.11 bits per heavy atom. The molecule has 0 aromatic rings. The van der Waals surface area contributed by atoms with Gasteiger partial charge in [-0.1, -0.05) is 213 Å². The standard InChI is InChI=1S/C50H98N2O5/c1-6-8-10-12-14-16-18-20-22-24-26-30-34-38-43-50(49(56)57,44-42-48(54)55)51(47(53)41-37-33-29-28-32-36-40-46-52(3,4)5)45-39-35-31-27-25-23-21-19-17-15-13-11-9-7-2/h6-46H2,1-5H3,(H-,54,55,56,57)/p+1/t50-/m0/s1. The van der Waals surface area contributed by atoms with Gasteiger partial charge in [-0.05, 0) is 38.5 Å². The van der Waals surface area contributed by atoms with Gasteiger partial charge in [0.25, 0.3) is 0 Å². The summed E-state index contributed by atoms with van der Waals surface area (Å²) in [6, 6.07) is 0. The van der Waals surface area contributed by atoms with Crippen LogP contribution in [0.25, 0.3) is 0 Å².